The maximum Gasteiger partial charge on any atom is 0.0431 e. The number of aliphatic hydroxyl groups excluding tert-OH is 1. The molecule has 1 unspecified atom stereocenters. The van der Waals surface area contributed by atoms with Gasteiger partial charge in [0.1, 0.15) is 0 Å². The minimum atomic E-state index is 0.323. The number of hydrogen-bond acceptors (Lipinski definition) is 2. The van der Waals surface area contributed by atoms with Crippen LogP contribution in [-0.2, 0) is 0 Å². The first kappa shape index (κ1) is 12.0. The molecule has 1 fully saturated rings. The number of aliphatic hydroxyl groups is 1. The zero-order valence-corrected chi connectivity index (χ0v) is 9.68. The Bertz CT molecular complexity index is 152. The molecule has 0 spiro atoms. The van der Waals surface area contributed by atoms with E-state index in [1.807, 2.05) is 0 Å². The van der Waals surface area contributed by atoms with Crippen LogP contribution in [0.2, 0.25) is 0 Å². The van der Waals surface area contributed by atoms with E-state index in [2.05, 4.69) is 19.2 Å². The molecule has 0 aromatic rings. The SMILES string of the molecule is CC(CCCO)NCC1(C)CCCC1. The van der Waals surface area contributed by atoms with Gasteiger partial charge in [0, 0.05) is 19.2 Å². The summed E-state index contributed by atoms with van der Waals surface area (Å²) in [4.78, 5) is 0. The molecular weight excluding hydrogens is 174 g/mol. The first-order valence-electron chi connectivity index (χ1n) is 6.00. The van der Waals surface area contributed by atoms with Crippen LogP contribution in [0.15, 0.2) is 0 Å². The van der Waals surface area contributed by atoms with Crippen molar-refractivity contribution in [3.8, 4) is 0 Å². The van der Waals surface area contributed by atoms with E-state index in [1.165, 1.54) is 25.7 Å². The molecule has 0 amide bonds. The van der Waals surface area contributed by atoms with Crippen LogP contribution in [0.3, 0.4) is 0 Å². The highest BCUT2D eigenvalue weighted by molar-refractivity contribution is 4.83. The average Bonchev–Trinajstić information content (AvgIpc) is 2.60. The number of hydrogen-bond donors (Lipinski definition) is 2. The molecule has 0 bridgehead atoms. The molecule has 0 aromatic carbocycles. The van der Waals surface area contributed by atoms with Gasteiger partial charge in [-0.05, 0) is 38.0 Å². The maximum absolute atomic E-state index is 8.72. The predicted molar refractivity (Wildman–Crippen MR) is 60.4 cm³/mol. The monoisotopic (exact) mass is 199 g/mol. The van der Waals surface area contributed by atoms with Gasteiger partial charge in [-0.15, -0.1) is 0 Å². The summed E-state index contributed by atoms with van der Waals surface area (Å²) in [6.07, 6.45) is 7.59. The van der Waals surface area contributed by atoms with Crippen molar-refractivity contribution in [3.63, 3.8) is 0 Å². The Morgan fingerprint density at radius 2 is 2.00 bits per heavy atom. The van der Waals surface area contributed by atoms with Crippen LogP contribution in [0.25, 0.3) is 0 Å². The van der Waals surface area contributed by atoms with Gasteiger partial charge in [0.05, 0.1) is 0 Å². The third-order valence-corrected chi connectivity index (χ3v) is 3.48. The zero-order valence-electron chi connectivity index (χ0n) is 9.68. The van der Waals surface area contributed by atoms with Crippen molar-refractivity contribution in [1.82, 2.24) is 5.32 Å². The third-order valence-electron chi connectivity index (χ3n) is 3.48. The lowest BCUT2D eigenvalue weighted by atomic mass is 9.88. The van der Waals surface area contributed by atoms with Crippen molar-refractivity contribution >= 4 is 0 Å². The molecule has 2 heteroatoms. The van der Waals surface area contributed by atoms with Crippen LogP contribution in [-0.4, -0.2) is 24.3 Å². The Morgan fingerprint density at radius 1 is 1.36 bits per heavy atom. The summed E-state index contributed by atoms with van der Waals surface area (Å²) in [5, 5.41) is 12.3. The minimum Gasteiger partial charge on any atom is -0.396 e. The zero-order chi connectivity index (χ0) is 10.4. The van der Waals surface area contributed by atoms with Gasteiger partial charge < -0.3 is 10.4 Å². The first-order chi connectivity index (χ1) is 6.66. The molecule has 1 saturated carbocycles. The van der Waals surface area contributed by atoms with Crippen molar-refractivity contribution in [1.29, 1.82) is 0 Å². The molecule has 0 radical (unpaired) electrons. The van der Waals surface area contributed by atoms with Crippen molar-refractivity contribution in [2.45, 2.75) is 58.4 Å². The van der Waals surface area contributed by atoms with Crippen molar-refractivity contribution in [2.24, 2.45) is 5.41 Å². The Labute approximate surface area is 88.1 Å². The summed E-state index contributed by atoms with van der Waals surface area (Å²) in [6, 6.07) is 0.555. The van der Waals surface area contributed by atoms with E-state index in [1.54, 1.807) is 0 Å². The molecule has 0 aliphatic heterocycles. The van der Waals surface area contributed by atoms with Crippen LogP contribution < -0.4 is 5.32 Å². The highest BCUT2D eigenvalue weighted by Crippen LogP contribution is 2.36. The molecular formula is C12H25NO. The predicted octanol–water partition coefficient (Wildman–Crippen LogP) is 2.32. The molecule has 1 aliphatic carbocycles. The van der Waals surface area contributed by atoms with Gasteiger partial charge in [0.15, 0.2) is 0 Å². The standard InChI is InChI=1S/C12H25NO/c1-11(6-5-9-14)13-10-12(2)7-3-4-8-12/h11,13-14H,3-10H2,1-2H3. The molecule has 0 saturated heterocycles. The lowest BCUT2D eigenvalue weighted by Gasteiger charge is -2.26. The van der Waals surface area contributed by atoms with Gasteiger partial charge in [0.2, 0.25) is 0 Å². The van der Waals surface area contributed by atoms with Gasteiger partial charge >= 0.3 is 0 Å². The number of nitrogens with one attached hydrogen (secondary N) is 1. The van der Waals surface area contributed by atoms with Crippen LogP contribution in [0.5, 0.6) is 0 Å². The lowest BCUT2D eigenvalue weighted by Crippen LogP contribution is -2.35. The lowest BCUT2D eigenvalue weighted by molar-refractivity contribution is 0.263. The maximum atomic E-state index is 8.72. The molecule has 1 rings (SSSR count). The normalized spacial score (nSPS) is 22.5. The van der Waals surface area contributed by atoms with Gasteiger partial charge in [0.25, 0.3) is 0 Å². The first-order valence-corrected chi connectivity index (χ1v) is 6.00. The van der Waals surface area contributed by atoms with E-state index < -0.39 is 0 Å². The fourth-order valence-corrected chi connectivity index (χ4v) is 2.33. The summed E-state index contributed by atoms with van der Waals surface area (Å²) in [5.41, 5.74) is 0.549. The Balaban J connectivity index is 2.12. The average molecular weight is 199 g/mol. The third kappa shape index (κ3) is 3.97. The van der Waals surface area contributed by atoms with Crippen molar-refractivity contribution in [3.05, 3.63) is 0 Å². The molecule has 14 heavy (non-hydrogen) atoms. The number of rotatable bonds is 6. The van der Waals surface area contributed by atoms with Crippen LogP contribution >= 0.6 is 0 Å². The van der Waals surface area contributed by atoms with E-state index in [9.17, 15) is 0 Å². The van der Waals surface area contributed by atoms with E-state index in [0.717, 1.165) is 19.4 Å². The van der Waals surface area contributed by atoms with E-state index in [0.29, 0.717) is 18.1 Å². The largest absolute Gasteiger partial charge is 0.396 e. The van der Waals surface area contributed by atoms with Crippen LogP contribution in [0.4, 0.5) is 0 Å². The molecule has 2 N–H and O–H groups in total. The Kier molecular flexibility index (Phi) is 4.90. The molecule has 0 heterocycles. The summed E-state index contributed by atoms with van der Waals surface area (Å²) in [7, 11) is 0. The smallest absolute Gasteiger partial charge is 0.0431 e. The Morgan fingerprint density at radius 3 is 2.57 bits per heavy atom. The second-order valence-electron chi connectivity index (χ2n) is 5.17. The van der Waals surface area contributed by atoms with Crippen LogP contribution in [0.1, 0.15) is 52.4 Å². The van der Waals surface area contributed by atoms with Crippen molar-refractivity contribution in [2.75, 3.05) is 13.2 Å². The van der Waals surface area contributed by atoms with Crippen LogP contribution in [0, 0.1) is 5.41 Å². The van der Waals surface area contributed by atoms with Gasteiger partial charge in [-0.25, -0.2) is 0 Å². The van der Waals surface area contributed by atoms with E-state index in [4.69, 9.17) is 5.11 Å². The molecule has 0 aromatic heterocycles. The van der Waals surface area contributed by atoms with Crippen molar-refractivity contribution < 1.29 is 5.11 Å². The minimum absolute atomic E-state index is 0.323. The van der Waals surface area contributed by atoms with Gasteiger partial charge in [-0.2, -0.15) is 0 Å². The highest BCUT2D eigenvalue weighted by Gasteiger charge is 2.28. The highest BCUT2D eigenvalue weighted by atomic mass is 16.2. The topological polar surface area (TPSA) is 32.3 Å². The molecule has 1 aliphatic rings. The van der Waals surface area contributed by atoms with E-state index >= 15 is 0 Å². The summed E-state index contributed by atoms with van der Waals surface area (Å²) in [6.45, 7) is 6.09. The quantitative estimate of drug-likeness (QED) is 0.688. The molecule has 1 atom stereocenters. The fourth-order valence-electron chi connectivity index (χ4n) is 2.33. The van der Waals surface area contributed by atoms with E-state index in [-0.39, 0.29) is 0 Å². The van der Waals surface area contributed by atoms with Gasteiger partial charge in [-0.3, -0.25) is 0 Å². The summed E-state index contributed by atoms with van der Waals surface area (Å²) in [5.74, 6) is 0. The summed E-state index contributed by atoms with van der Waals surface area (Å²) < 4.78 is 0. The molecule has 84 valence electrons. The second-order valence-corrected chi connectivity index (χ2v) is 5.17. The van der Waals surface area contributed by atoms with Gasteiger partial charge in [-0.1, -0.05) is 19.8 Å². The Hall–Kier alpha value is -0.0800. The second kappa shape index (κ2) is 5.72. The fraction of sp³-hybridized carbons (Fsp3) is 1.00. The molecule has 2 nitrogen and oxygen atoms in total. The summed E-state index contributed by atoms with van der Waals surface area (Å²) >= 11 is 0.